The zero-order valence-electron chi connectivity index (χ0n) is 20.7. The van der Waals surface area contributed by atoms with Crippen LogP contribution in [0.25, 0.3) is 0 Å². The van der Waals surface area contributed by atoms with Gasteiger partial charge >= 0.3 is 0 Å². The molecule has 0 radical (unpaired) electrons. The van der Waals surface area contributed by atoms with Gasteiger partial charge in [0.1, 0.15) is 12.4 Å². The van der Waals surface area contributed by atoms with Gasteiger partial charge in [0.05, 0.1) is 0 Å². The van der Waals surface area contributed by atoms with Crippen LogP contribution < -0.4 is 5.32 Å². The number of nitrogens with zero attached hydrogens (tertiary/aromatic N) is 7. The first kappa shape index (κ1) is 25.2. The molecule has 2 bridgehead atoms. The predicted octanol–water partition coefficient (Wildman–Crippen LogP) is 2.48. The van der Waals surface area contributed by atoms with Crippen LogP contribution in [-0.4, -0.2) is 93.3 Å². The quantitative estimate of drug-likeness (QED) is 0.322. The van der Waals surface area contributed by atoms with Crippen molar-refractivity contribution in [3.63, 3.8) is 0 Å². The van der Waals surface area contributed by atoms with E-state index in [0.717, 1.165) is 61.7 Å². The van der Waals surface area contributed by atoms with Crippen molar-refractivity contribution in [3.8, 4) is 0 Å². The number of piperazine rings is 1. The lowest BCUT2D eigenvalue weighted by atomic mass is 9.93. The van der Waals surface area contributed by atoms with Gasteiger partial charge in [0, 0.05) is 51.9 Å². The average Bonchev–Trinajstić information content (AvgIpc) is 3.61. The summed E-state index contributed by atoms with van der Waals surface area (Å²) in [4.78, 5) is 12.9. The van der Waals surface area contributed by atoms with Crippen molar-refractivity contribution in [2.24, 2.45) is 23.9 Å². The molecule has 9 heteroatoms. The molecule has 1 N–H and O–H groups in total. The van der Waals surface area contributed by atoms with Crippen LogP contribution in [-0.2, 0) is 13.6 Å². The highest BCUT2D eigenvalue weighted by molar-refractivity contribution is 14.0. The summed E-state index contributed by atoms with van der Waals surface area (Å²) in [6, 6.07) is 1.47. The Hall–Kier alpha value is -0.940. The number of aromatic nitrogens is 3. The molecule has 186 valence electrons. The lowest BCUT2D eigenvalue weighted by molar-refractivity contribution is 0.0955. The maximum absolute atomic E-state index is 5.04. The van der Waals surface area contributed by atoms with Gasteiger partial charge in [-0.1, -0.05) is 13.3 Å². The minimum absolute atomic E-state index is 0. The molecule has 0 amide bonds. The SMILES string of the molecule is CCN1CCCC1CNC(=NCc1nnc(C)n1C)N1CCN(C2CC3CCC2C3)CC1.I. The number of hydrogen-bond donors (Lipinski definition) is 1. The van der Waals surface area contributed by atoms with Crippen LogP contribution in [0.1, 0.15) is 57.1 Å². The van der Waals surface area contributed by atoms with Gasteiger partial charge in [0.25, 0.3) is 0 Å². The number of aliphatic imine (C=N–C) groups is 1. The fourth-order valence-electron chi connectivity index (χ4n) is 6.68. The van der Waals surface area contributed by atoms with Crippen molar-refractivity contribution in [2.75, 3.05) is 45.8 Å². The van der Waals surface area contributed by atoms with Gasteiger partial charge in [-0.2, -0.15) is 0 Å². The van der Waals surface area contributed by atoms with Gasteiger partial charge in [-0.05, 0) is 64.0 Å². The molecular weight excluding hydrogens is 527 g/mol. The highest BCUT2D eigenvalue weighted by Gasteiger charge is 2.42. The highest BCUT2D eigenvalue weighted by atomic mass is 127. The second kappa shape index (κ2) is 11.2. The molecule has 2 saturated carbocycles. The van der Waals surface area contributed by atoms with E-state index < -0.39 is 0 Å². The Morgan fingerprint density at radius 2 is 1.88 bits per heavy atom. The van der Waals surface area contributed by atoms with E-state index in [-0.39, 0.29) is 24.0 Å². The van der Waals surface area contributed by atoms with Crippen molar-refractivity contribution in [1.82, 2.24) is 34.8 Å². The van der Waals surface area contributed by atoms with Crippen molar-refractivity contribution < 1.29 is 0 Å². The number of likely N-dealkylation sites (N-methyl/N-ethyl adjacent to an activating group) is 1. The predicted molar refractivity (Wildman–Crippen MR) is 143 cm³/mol. The van der Waals surface area contributed by atoms with E-state index in [0.29, 0.717) is 12.6 Å². The standard InChI is InChI=1S/C24H42N8.HI/c1-4-30-9-5-6-21(30)16-25-24(26-17-23-28-27-18(2)29(23)3)32-12-10-31(11-13-32)22-15-19-7-8-20(22)14-19;/h19-22H,4-17H2,1-3H3,(H,25,26);1H. The summed E-state index contributed by atoms with van der Waals surface area (Å²) >= 11 is 0. The lowest BCUT2D eigenvalue weighted by Gasteiger charge is -2.42. The van der Waals surface area contributed by atoms with E-state index in [1.54, 1.807) is 0 Å². The second-order valence-electron chi connectivity index (χ2n) is 10.4. The number of hydrogen-bond acceptors (Lipinski definition) is 5. The smallest absolute Gasteiger partial charge is 0.194 e. The van der Waals surface area contributed by atoms with E-state index >= 15 is 0 Å². The van der Waals surface area contributed by atoms with E-state index in [2.05, 4.69) is 37.1 Å². The van der Waals surface area contributed by atoms with Crippen LogP contribution >= 0.6 is 24.0 Å². The van der Waals surface area contributed by atoms with Crippen LogP contribution in [0.5, 0.6) is 0 Å². The summed E-state index contributed by atoms with van der Waals surface area (Å²) < 4.78 is 2.05. The van der Waals surface area contributed by atoms with Gasteiger partial charge in [0.15, 0.2) is 11.8 Å². The fraction of sp³-hybridized carbons (Fsp3) is 0.875. The fourth-order valence-corrected chi connectivity index (χ4v) is 6.68. The monoisotopic (exact) mass is 570 g/mol. The third-order valence-corrected chi connectivity index (χ3v) is 8.74. The molecule has 4 aliphatic rings. The Morgan fingerprint density at radius 3 is 2.52 bits per heavy atom. The second-order valence-corrected chi connectivity index (χ2v) is 10.4. The molecule has 2 saturated heterocycles. The summed E-state index contributed by atoms with van der Waals surface area (Å²) in [5.41, 5.74) is 0. The molecule has 1 aromatic rings. The molecule has 2 aliphatic carbocycles. The maximum atomic E-state index is 5.04. The van der Waals surface area contributed by atoms with E-state index in [9.17, 15) is 0 Å². The van der Waals surface area contributed by atoms with E-state index in [4.69, 9.17) is 4.99 Å². The molecule has 4 atom stereocenters. The van der Waals surface area contributed by atoms with Crippen molar-refractivity contribution in [1.29, 1.82) is 0 Å². The average molecular weight is 571 g/mol. The minimum Gasteiger partial charge on any atom is -0.355 e. The minimum atomic E-state index is 0. The zero-order chi connectivity index (χ0) is 22.1. The molecule has 5 rings (SSSR count). The number of guanidine groups is 1. The molecule has 4 fully saturated rings. The van der Waals surface area contributed by atoms with Crippen LogP contribution in [0.3, 0.4) is 0 Å². The summed E-state index contributed by atoms with van der Waals surface area (Å²) in [5, 5.41) is 12.3. The Bertz CT molecular complexity index is 802. The summed E-state index contributed by atoms with van der Waals surface area (Å²) in [7, 11) is 2.03. The summed E-state index contributed by atoms with van der Waals surface area (Å²) in [5.74, 6) is 4.91. The van der Waals surface area contributed by atoms with Crippen molar-refractivity contribution in [2.45, 2.75) is 71.0 Å². The van der Waals surface area contributed by atoms with Gasteiger partial charge < -0.3 is 14.8 Å². The zero-order valence-corrected chi connectivity index (χ0v) is 23.1. The first-order chi connectivity index (χ1) is 15.6. The van der Waals surface area contributed by atoms with E-state index in [1.165, 1.54) is 58.2 Å². The number of rotatable bonds is 6. The van der Waals surface area contributed by atoms with Crippen LogP contribution in [0, 0.1) is 18.8 Å². The molecule has 8 nitrogen and oxygen atoms in total. The first-order valence-corrected chi connectivity index (χ1v) is 13.0. The maximum Gasteiger partial charge on any atom is 0.194 e. The third-order valence-electron chi connectivity index (χ3n) is 8.74. The third kappa shape index (κ3) is 5.50. The largest absolute Gasteiger partial charge is 0.355 e. The molecule has 0 spiro atoms. The lowest BCUT2D eigenvalue weighted by Crippen LogP contribution is -2.56. The van der Waals surface area contributed by atoms with Gasteiger partial charge in [-0.15, -0.1) is 34.2 Å². The molecule has 1 aromatic heterocycles. The Balaban J connectivity index is 0.00000259. The number of nitrogens with one attached hydrogen (secondary N) is 1. The van der Waals surface area contributed by atoms with Gasteiger partial charge in [-0.25, -0.2) is 4.99 Å². The van der Waals surface area contributed by atoms with Crippen LogP contribution in [0.4, 0.5) is 0 Å². The Kier molecular flexibility index (Phi) is 8.54. The summed E-state index contributed by atoms with van der Waals surface area (Å²) in [6.45, 7) is 12.7. The molecule has 2 aliphatic heterocycles. The molecule has 4 unspecified atom stereocenters. The molecule has 33 heavy (non-hydrogen) atoms. The number of halogens is 1. The van der Waals surface area contributed by atoms with Crippen LogP contribution in [0.15, 0.2) is 4.99 Å². The van der Waals surface area contributed by atoms with Crippen molar-refractivity contribution in [3.05, 3.63) is 11.6 Å². The Labute approximate surface area is 216 Å². The molecule has 0 aromatic carbocycles. The molecular formula is C24H43IN8. The van der Waals surface area contributed by atoms with Gasteiger partial charge in [0.2, 0.25) is 0 Å². The highest BCUT2D eigenvalue weighted by Crippen LogP contribution is 2.46. The van der Waals surface area contributed by atoms with Crippen LogP contribution in [0.2, 0.25) is 0 Å². The van der Waals surface area contributed by atoms with Crippen molar-refractivity contribution >= 4 is 29.9 Å². The first-order valence-electron chi connectivity index (χ1n) is 13.0. The Morgan fingerprint density at radius 1 is 1.06 bits per heavy atom. The number of aryl methyl sites for hydroxylation is 1. The summed E-state index contributed by atoms with van der Waals surface area (Å²) in [6.07, 6.45) is 8.49. The topological polar surface area (TPSA) is 64.8 Å². The number of likely N-dealkylation sites (tertiary alicyclic amines) is 1. The van der Waals surface area contributed by atoms with Gasteiger partial charge in [-0.3, -0.25) is 9.80 Å². The van der Waals surface area contributed by atoms with E-state index in [1.807, 2.05) is 18.5 Å². The number of fused-ring (bicyclic) bond motifs is 2. The normalized spacial score (nSPS) is 30.8. The molecule has 3 heterocycles.